The molecule has 0 unspecified atom stereocenters. The highest BCUT2D eigenvalue weighted by Gasteiger charge is 2.33. The molecule has 1 fully saturated rings. The molecule has 0 spiro atoms. The monoisotopic (exact) mass is 162 g/mol. The van der Waals surface area contributed by atoms with Gasteiger partial charge in [0.2, 0.25) is 0 Å². The molecule has 0 N–H and O–H groups in total. The lowest BCUT2D eigenvalue weighted by atomic mass is 10.0. The highest BCUT2D eigenvalue weighted by molar-refractivity contribution is 7.92. The van der Waals surface area contributed by atoms with E-state index in [1.54, 1.807) is 0 Å². The van der Waals surface area contributed by atoms with Crippen molar-refractivity contribution in [3.05, 3.63) is 0 Å². The Balaban J connectivity index is 2.27. The van der Waals surface area contributed by atoms with Gasteiger partial charge in [0.05, 0.1) is 11.5 Å². The predicted octanol–water partition coefficient (Wildman–Crippen LogP) is 1.08. The minimum atomic E-state index is -2.58. The van der Waals surface area contributed by atoms with E-state index in [4.69, 9.17) is 0 Å². The Labute approximate surface area is 62.5 Å². The molecule has 0 atom stereocenters. The van der Waals surface area contributed by atoms with Crippen molar-refractivity contribution in [1.29, 1.82) is 0 Å². The molecule has 1 saturated heterocycles. The van der Waals surface area contributed by atoms with Crippen molar-refractivity contribution in [2.75, 3.05) is 11.5 Å². The molecule has 1 rings (SSSR count). The Kier molecular flexibility index (Phi) is 2.04. The van der Waals surface area contributed by atoms with Crippen LogP contribution in [-0.2, 0) is 9.84 Å². The van der Waals surface area contributed by atoms with Crippen LogP contribution < -0.4 is 0 Å². The average Bonchev–Trinajstić information content (AvgIpc) is 1.57. The second-order valence-corrected chi connectivity index (χ2v) is 5.73. The van der Waals surface area contributed by atoms with Gasteiger partial charge in [-0.3, -0.25) is 0 Å². The van der Waals surface area contributed by atoms with Crippen molar-refractivity contribution < 1.29 is 8.42 Å². The van der Waals surface area contributed by atoms with Gasteiger partial charge in [-0.2, -0.15) is 0 Å². The number of hydrogen-bond acceptors (Lipinski definition) is 2. The summed E-state index contributed by atoms with van der Waals surface area (Å²) in [5, 5.41) is 0. The molecule has 0 aromatic carbocycles. The van der Waals surface area contributed by atoms with E-state index in [1.165, 1.54) is 0 Å². The summed E-state index contributed by atoms with van der Waals surface area (Å²) in [6.45, 7) is 4.26. The fourth-order valence-electron chi connectivity index (χ4n) is 1.47. The summed E-state index contributed by atoms with van der Waals surface area (Å²) in [6, 6.07) is 0. The Morgan fingerprint density at radius 1 is 1.40 bits per heavy atom. The van der Waals surface area contributed by atoms with Crippen LogP contribution in [0.2, 0.25) is 0 Å². The third-order valence-corrected chi connectivity index (χ3v) is 3.74. The molecule has 0 bridgehead atoms. The van der Waals surface area contributed by atoms with E-state index < -0.39 is 9.84 Å². The zero-order valence-corrected chi connectivity index (χ0v) is 7.32. The first-order valence-electron chi connectivity index (χ1n) is 3.70. The van der Waals surface area contributed by atoms with Gasteiger partial charge in [-0.1, -0.05) is 13.8 Å². The Morgan fingerprint density at radius 3 is 2.20 bits per heavy atom. The lowest BCUT2D eigenvalue weighted by Crippen LogP contribution is -2.36. The summed E-state index contributed by atoms with van der Waals surface area (Å²) >= 11 is 0. The van der Waals surface area contributed by atoms with Crippen LogP contribution in [0.5, 0.6) is 0 Å². The summed E-state index contributed by atoms with van der Waals surface area (Å²) in [6.07, 6.45) is 1.07. The van der Waals surface area contributed by atoms with Crippen molar-refractivity contribution >= 4 is 9.84 Å². The smallest absolute Gasteiger partial charge is 0.150 e. The summed E-state index contributed by atoms with van der Waals surface area (Å²) in [4.78, 5) is 0. The molecule has 0 aromatic heterocycles. The molecule has 0 amide bonds. The lowest BCUT2D eigenvalue weighted by molar-refractivity contribution is 0.434. The minimum absolute atomic E-state index is 0.436. The largest absolute Gasteiger partial charge is 0.229 e. The molecule has 3 heteroatoms. The van der Waals surface area contributed by atoms with E-state index in [-0.39, 0.29) is 0 Å². The molecule has 0 radical (unpaired) electrons. The molecular formula is C7H14O2S. The standard InChI is InChI=1S/C7H14O2S/c1-6(2)3-7-4-10(8,9)5-7/h6-7H,3-5H2,1-2H3. The second kappa shape index (κ2) is 2.53. The van der Waals surface area contributed by atoms with Gasteiger partial charge in [-0.25, -0.2) is 8.42 Å². The van der Waals surface area contributed by atoms with E-state index in [1.807, 2.05) is 0 Å². The van der Waals surface area contributed by atoms with Crippen LogP contribution in [0.4, 0.5) is 0 Å². The molecule has 60 valence electrons. The second-order valence-electron chi connectivity index (χ2n) is 3.57. The molecule has 1 heterocycles. The van der Waals surface area contributed by atoms with Crippen LogP contribution in [0, 0.1) is 11.8 Å². The summed E-state index contributed by atoms with van der Waals surface area (Å²) in [5.41, 5.74) is 0. The van der Waals surface area contributed by atoms with Crippen molar-refractivity contribution in [1.82, 2.24) is 0 Å². The van der Waals surface area contributed by atoms with Crippen molar-refractivity contribution in [3.8, 4) is 0 Å². The zero-order chi connectivity index (χ0) is 7.78. The van der Waals surface area contributed by atoms with Crippen LogP contribution >= 0.6 is 0 Å². The molecular weight excluding hydrogens is 148 g/mol. The fourth-order valence-corrected chi connectivity index (χ4v) is 3.08. The van der Waals surface area contributed by atoms with E-state index in [2.05, 4.69) is 13.8 Å². The first-order chi connectivity index (χ1) is 4.49. The summed E-state index contributed by atoms with van der Waals surface area (Å²) in [7, 11) is -2.58. The summed E-state index contributed by atoms with van der Waals surface area (Å²) in [5.74, 6) is 1.97. The van der Waals surface area contributed by atoms with E-state index in [0.717, 1.165) is 6.42 Å². The van der Waals surface area contributed by atoms with Gasteiger partial charge in [0.25, 0.3) is 0 Å². The third-order valence-electron chi connectivity index (χ3n) is 1.78. The molecule has 0 aliphatic carbocycles. The maximum absolute atomic E-state index is 10.7. The number of sulfone groups is 1. The van der Waals surface area contributed by atoms with Crippen LogP contribution in [-0.4, -0.2) is 19.9 Å². The van der Waals surface area contributed by atoms with Gasteiger partial charge >= 0.3 is 0 Å². The van der Waals surface area contributed by atoms with Gasteiger partial charge in [-0.05, 0) is 18.3 Å². The molecule has 2 nitrogen and oxygen atoms in total. The molecule has 10 heavy (non-hydrogen) atoms. The molecule has 1 aliphatic heterocycles. The lowest BCUT2D eigenvalue weighted by Gasteiger charge is -2.26. The SMILES string of the molecule is CC(C)CC1CS(=O)(=O)C1. The fraction of sp³-hybridized carbons (Fsp3) is 1.00. The van der Waals surface area contributed by atoms with Crippen LogP contribution in [0.3, 0.4) is 0 Å². The van der Waals surface area contributed by atoms with Crippen LogP contribution in [0.25, 0.3) is 0 Å². The topological polar surface area (TPSA) is 34.1 Å². The molecule has 1 aliphatic rings. The van der Waals surface area contributed by atoms with Crippen molar-refractivity contribution in [2.24, 2.45) is 11.8 Å². The number of hydrogen-bond donors (Lipinski definition) is 0. The molecule has 0 aromatic rings. The minimum Gasteiger partial charge on any atom is -0.229 e. The zero-order valence-electron chi connectivity index (χ0n) is 6.50. The Bertz CT molecular complexity index is 192. The average molecular weight is 162 g/mol. The Hall–Kier alpha value is -0.0500. The third kappa shape index (κ3) is 1.97. The molecule has 0 saturated carbocycles. The predicted molar refractivity (Wildman–Crippen MR) is 41.6 cm³/mol. The first kappa shape index (κ1) is 8.05. The van der Waals surface area contributed by atoms with Crippen molar-refractivity contribution in [2.45, 2.75) is 20.3 Å². The van der Waals surface area contributed by atoms with Gasteiger partial charge in [0, 0.05) is 0 Å². The highest BCUT2D eigenvalue weighted by atomic mass is 32.2. The van der Waals surface area contributed by atoms with Gasteiger partial charge in [0.15, 0.2) is 9.84 Å². The highest BCUT2D eigenvalue weighted by Crippen LogP contribution is 2.24. The number of rotatable bonds is 2. The maximum atomic E-state index is 10.7. The maximum Gasteiger partial charge on any atom is 0.150 e. The van der Waals surface area contributed by atoms with Crippen molar-refractivity contribution in [3.63, 3.8) is 0 Å². The normalized spacial score (nSPS) is 24.7. The van der Waals surface area contributed by atoms with Gasteiger partial charge < -0.3 is 0 Å². The van der Waals surface area contributed by atoms with Gasteiger partial charge in [-0.15, -0.1) is 0 Å². The summed E-state index contributed by atoms with van der Waals surface area (Å²) < 4.78 is 21.4. The van der Waals surface area contributed by atoms with Gasteiger partial charge in [0.1, 0.15) is 0 Å². The van der Waals surface area contributed by atoms with E-state index in [0.29, 0.717) is 23.3 Å². The van der Waals surface area contributed by atoms with E-state index >= 15 is 0 Å². The first-order valence-corrected chi connectivity index (χ1v) is 5.52. The Morgan fingerprint density at radius 2 is 1.90 bits per heavy atom. The van der Waals surface area contributed by atoms with Crippen LogP contribution in [0.1, 0.15) is 20.3 Å². The quantitative estimate of drug-likeness (QED) is 0.609. The van der Waals surface area contributed by atoms with E-state index in [9.17, 15) is 8.42 Å². The van der Waals surface area contributed by atoms with Crippen LogP contribution in [0.15, 0.2) is 0 Å².